The van der Waals surface area contributed by atoms with E-state index < -0.39 is 0 Å². The molecule has 1 aliphatic rings. The molecule has 0 unspecified atom stereocenters. The Labute approximate surface area is 118 Å². The quantitative estimate of drug-likeness (QED) is 0.332. The number of carbonyl (C=O) groups is 1. The lowest BCUT2D eigenvalue weighted by Gasteiger charge is -2.20. The van der Waals surface area contributed by atoms with Crippen LogP contribution in [0.4, 0.5) is 0 Å². The highest BCUT2D eigenvalue weighted by Crippen LogP contribution is 2.51. The lowest BCUT2D eigenvalue weighted by atomic mass is 9.92. The number of oxime groups is 1. The fraction of sp³-hybridized carbons (Fsp3) is 0.467. The van der Waals surface area contributed by atoms with Gasteiger partial charge in [-0.05, 0) is 36.3 Å². The first-order valence-corrected chi connectivity index (χ1v) is 6.85. The number of nitrogens with zero attached hydrogens (tertiary/aromatic N) is 1. The van der Waals surface area contributed by atoms with Gasteiger partial charge in [0.05, 0.1) is 0 Å². The molecular weight excluding hydrogens is 254 g/mol. The number of rotatable bonds is 5. The summed E-state index contributed by atoms with van der Waals surface area (Å²) in [4.78, 5) is 12.1. The molecule has 0 aliphatic heterocycles. The van der Waals surface area contributed by atoms with Gasteiger partial charge >= 0.3 is 0 Å². The zero-order valence-corrected chi connectivity index (χ0v) is 11.9. The van der Waals surface area contributed by atoms with Crippen LogP contribution in [0.25, 0.3) is 0 Å². The molecule has 2 rings (SSSR count). The van der Waals surface area contributed by atoms with Gasteiger partial charge in [0.2, 0.25) is 0 Å². The van der Waals surface area contributed by atoms with Crippen molar-refractivity contribution < 1.29 is 10.0 Å². The van der Waals surface area contributed by atoms with Gasteiger partial charge in [-0.3, -0.25) is 4.79 Å². The van der Waals surface area contributed by atoms with Gasteiger partial charge < -0.3 is 16.3 Å². The minimum absolute atomic E-state index is 0.0358. The molecule has 5 nitrogen and oxygen atoms in total. The molecule has 1 aliphatic carbocycles. The smallest absolute Gasteiger partial charge is 0.251 e. The van der Waals surface area contributed by atoms with Crippen molar-refractivity contribution in [3.63, 3.8) is 0 Å². The average Bonchev–Trinajstić information content (AvgIpc) is 3.25. The van der Waals surface area contributed by atoms with Gasteiger partial charge in [-0.25, -0.2) is 0 Å². The molecule has 0 heterocycles. The zero-order valence-electron chi connectivity index (χ0n) is 11.9. The standard InChI is InChI=1S/C15H21N3O2/c1-10(2)15(7-8-15)9-17-14(19)12-5-3-11(4-6-12)13(16)18-20/h3-6,10,20H,7-9H2,1-2H3,(H2,16,18)(H,17,19). The van der Waals surface area contributed by atoms with Crippen LogP contribution in [0.5, 0.6) is 0 Å². The predicted octanol–water partition coefficient (Wildman–Crippen LogP) is 1.95. The normalized spacial score (nSPS) is 17.1. The van der Waals surface area contributed by atoms with Gasteiger partial charge in [-0.2, -0.15) is 0 Å². The van der Waals surface area contributed by atoms with Gasteiger partial charge in [0.15, 0.2) is 5.84 Å². The second-order valence-electron chi connectivity index (χ2n) is 5.76. The molecule has 1 aromatic rings. The van der Waals surface area contributed by atoms with Gasteiger partial charge in [0, 0.05) is 17.7 Å². The molecular formula is C15H21N3O2. The summed E-state index contributed by atoms with van der Waals surface area (Å²) in [5, 5.41) is 14.5. The number of benzene rings is 1. The first kappa shape index (κ1) is 14.4. The molecule has 1 amide bonds. The van der Waals surface area contributed by atoms with E-state index >= 15 is 0 Å². The van der Waals surface area contributed by atoms with Crippen LogP contribution in [0.3, 0.4) is 0 Å². The van der Waals surface area contributed by atoms with Crippen molar-refractivity contribution in [2.45, 2.75) is 26.7 Å². The molecule has 1 fully saturated rings. The van der Waals surface area contributed by atoms with Crippen molar-refractivity contribution in [1.82, 2.24) is 5.32 Å². The Morgan fingerprint density at radius 1 is 1.35 bits per heavy atom. The van der Waals surface area contributed by atoms with E-state index in [1.54, 1.807) is 24.3 Å². The Bertz CT molecular complexity index is 516. The van der Waals surface area contributed by atoms with Gasteiger partial charge in [-0.1, -0.05) is 31.1 Å². The predicted molar refractivity (Wildman–Crippen MR) is 77.8 cm³/mol. The minimum Gasteiger partial charge on any atom is -0.409 e. The molecule has 0 atom stereocenters. The first-order valence-electron chi connectivity index (χ1n) is 6.85. The minimum atomic E-state index is -0.0806. The highest BCUT2D eigenvalue weighted by Gasteiger charge is 2.45. The molecule has 5 heteroatoms. The van der Waals surface area contributed by atoms with Crippen LogP contribution in [0, 0.1) is 11.3 Å². The van der Waals surface area contributed by atoms with Crippen molar-refractivity contribution in [3.8, 4) is 0 Å². The van der Waals surface area contributed by atoms with E-state index in [0.29, 0.717) is 22.5 Å². The van der Waals surface area contributed by atoms with E-state index in [2.05, 4.69) is 24.3 Å². The van der Waals surface area contributed by atoms with Crippen molar-refractivity contribution in [2.75, 3.05) is 6.54 Å². The van der Waals surface area contributed by atoms with Gasteiger partial charge in [0.25, 0.3) is 5.91 Å². The lowest BCUT2D eigenvalue weighted by Crippen LogP contribution is -2.32. The molecule has 0 radical (unpaired) electrons. The van der Waals surface area contributed by atoms with E-state index in [1.165, 1.54) is 12.8 Å². The molecule has 1 saturated carbocycles. The molecule has 0 bridgehead atoms. The van der Waals surface area contributed by atoms with Crippen LogP contribution in [0.15, 0.2) is 29.4 Å². The number of hydrogen-bond donors (Lipinski definition) is 3. The third-order valence-corrected chi connectivity index (χ3v) is 4.27. The topological polar surface area (TPSA) is 87.7 Å². The Kier molecular flexibility index (Phi) is 3.97. The van der Waals surface area contributed by atoms with Crippen LogP contribution in [-0.2, 0) is 0 Å². The largest absolute Gasteiger partial charge is 0.409 e. The zero-order chi connectivity index (χ0) is 14.8. The van der Waals surface area contributed by atoms with Gasteiger partial charge in [-0.15, -0.1) is 0 Å². The molecule has 20 heavy (non-hydrogen) atoms. The number of amides is 1. The summed E-state index contributed by atoms with van der Waals surface area (Å²) < 4.78 is 0. The first-order chi connectivity index (χ1) is 9.48. The molecule has 4 N–H and O–H groups in total. The molecule has 0 aromatic heterocycles. The number of nitrogens with one attached hydrogen (secondary N) is 1. The Morgan fingerprint density at radius 3 is 2.35 bits per heavy atom. The van der Waals surface area contributed by atoms with E-state index in [-0.39, 0.29) is 11.7 Å². The summed E-state index contributed by atoms with van der Waals surface area (Å²) in [6.45, 7) is 5.13. The van der Waals surface area contributed by atoms with Crippen molar-refractivity contribution in [2.24, 2.45) is 22.2 Å². The van der Waals surface area contributed by atoms with E-state index in [4.69, 9.17) is 10.9 Å². The summed E-state index contributed by atoms with van der Waals surface area (Å²) in [5.74, 6) is 0.544. The summed E-state index contributed by atoms with van der Waals surface area (Å²) in [6, 6.07) is 6.69. The highest BCUT2D eigenvalue weighted by molar-refractivity contribution is 5.99. The lowest BCUT2D eigenvalue weighted by molar-refractivity contribution is 0.0940. The SMILES string of the molecule is CC(C)C1(CNC(=O)c2ccc(/C(N)=N/O)cc2)CC1. The van der Waals surface area contributed by atoms with E-state index in [1.807, 2.05) is 0 Å². The van der Waals surface area contributed by atoms with E-state index in [0.717, 1.165) is 6.54 Å². The number of hydrogen-bond acceptors (Lipinski definition) is 3. The molecule has 0 saturated heterocycles. The highest BCUT2D eigenvalue weighted by atomic mass is 16.4. The second-order valence-corrected chi connectivity index (χ2v) is 5.76. The Hall–Kier alpha value is -2.04. The summed E-state index contributed by atoms with van der Waals surface area (Å²) in [6.07, 6.45) is 2.38. The van der Waals surface area contributed by atoms with Gasteiger partial charge in [0.1, 0.15) is 0 Å². The maximum absolute atomic E-state index is 12.1. The second kappa shape index (κ2) is 5.53. The number of amidine groups is 1. The summed E-state index contributed by atoms with van der Waals surface area (Å²) in [5.41, 5.74) is 6.94. The van der Waals surface area contributed by atoms with Crippen LogP contribution in [0.1, 0.15) is 42.6 Å². The molecule has 108 valence electrons. The van der Waals surface area contributed by atoms with Crippen LogP contribution >= 0.6 is 0 Å². The average molecular weight is 275 g/mol. The third-order valence-electron chi connectivity index (χ3n) is 4.27. The van der Waals surface area contributed by atoms with Crippen molar-refractivity contribution in [3.05, 3.63) is 35.4 Å². The summed E-state index contributed by atoms with van der Waals surface area (Å²) >= 11 is 0. The molecule has 0 spiro atoms. The van der Waals surface area contributed by atoms with Crippen molar-refractivity contribution >= 4 is 11.7 Å². The third kappa shape index (κ3) is 2.92. The van der Waals surface area contributed by atoms with Crippen LogP contribution in [-0.4, -0.2) is 23.5 Å². The fourth-order valence-corrected chi connectivity index (χ4v) is 2.33. The Morgan fingerprint density at radius 2 is 1.90 bits per heavy atom. The fourth-order valence-electron chi connectivity index (χ4n) is 2.33. The van der Waals surface area contributed by atoms with Crippen LogP contribution in [0.2, 0.25) is 0 Å². The maximum Gasteiger partial charge on any atom is 0.251 e. The number of nitrogens with two attached hydrogens (primary N) is 1. The summed E-state index contributed by atoms with van der Waals surface area (Å²) in [7, 11) is 0. The van der Waals surface area contributed by atoms with Crippen LogP contribution < -0.4 is 11.1 Å². The monoisotopic (exact) mass is 275 g/mol. The molecule has 1 aromatic carbocycles. The number of carbonyl (C=O) groups excluding carboxylic acids is 1. The van der Waals surface area contributed by atoms with Crippen molar-refractivity contribution in [1.29, 1.82) is 0 Å². The maximum atomic E-state index is 12.1. The van der Waals surface area contributed by atoms with E-state index in [9.17, 15) is 4.79 Å². The Balaban J connectivity index is 1.96.